The summed E-state index contributed by atoms with van der Waals surface area (Å²) in [7, 11) is 0. The number of amides is 1. The minimum Gasteiger partial charge on any atom is -0.339 e. The van der Waals surface area contributed by atoms with E-state index in [1.54, 1.807) is 6.07 Å². The van der Waals surface area contributed by atoms with E-state index in [1.807, 2.05) is 50.2 Å². The molecular weight excluding hydrogens is 338 g/mol. The highest BCUT2D eigenvalue weighted by molar-refractivity contribution is 6.33. The molecule has 128 valence electrons. The first kappa shape index (κ1) is 17.2. The van der Waals surface area contributed by atoms with Crippen molar-refractivity contribution >= 4 is 23.2 Å². The van der Waals surface area contributed by atoms with Gasteiger partial charge in [-0.2, -0.15) is 4.98 Å². The minimum atomic E-state index is -0.0915. The fraction of sp³-hybridized carbons (Fsp3) is 0.211. The van der Waals surface area contributed by atoms with Crippen LogP contribution in [0, 0.1) is 13.8 Å². The van der Waals surface area contributed by atoms with Crippen molar-refractivity contribution in [3.8, 4) is 11.4 Å². The molecule has 0 radical (unpaired) electrons. The number of rotatable bonds is 5. The van der Waals surface area contributed by atoms with Gasteiger partial charge in [0.25, 0.3) is 0 Å². The van der Waals surface area contributed by atoms with Crippen LogP contribution in [0.25, 0.3) is 11.4 Å². The molecule has 2 aromatic carbocycles. The van der Waals surface area contributed by atoms with Crippen LogP contribution in [0.3, 0.4) is 0 Å². The highest BCUT2D eigenvalue weighted by atomic mass is 35.5. The zero-order chi connectivity index (χ0) is 17.8. The normalized spacial score (nSPS) is 10.7. The van der Waals surface area contributed by atoms with Crippen LogP contribution < -0.4 is 5.32 Å². The molecule has 0 bridgehead atoms. The number of hydrogen-bond donors (Lipinski definition) is 1. The smallest absolute Gasteiger partial charge is 0.227 e. The van der Waals surface area contributed by atoms with Crippen LogP contribution in [0.5, 0.6) is 0 Å². The van der Waals surface area contributed by atoms with Gasteiger partial charge < -0.3 is 9.84 Å². The summed E-state index contributed by atoms with van der Waals surface area (Å²) in [6.45, 7) is 3.95. The Bertz CT molecular complexity index is 905. The van der Waals surface area contributed by atoms with Crippen molar-refractivity contribution in [3.05, 3.63) is 64.5 Å². The molecule has 1 amide bonds. The largest absolute Gasteiger partial charge is 0.339 e. The van der Waals surface area contributed by atoms with Crippen molar-refractivity contribution in [1.82, 2.24) is 10.1 Å². The van der Waals surface area contributed by atoms with Gasteiger partial charge in [0.15, 0.2) is 0 Å². The molecule has 0 aliphatic heterocycles. The van der Waals surface area contributed by atoms with Gasteiger partial charge in [-0.15, -0.1) is 0 Å². The number of halogens is 1. The fourth-order valence-corrected chi connectivity index (χ4v) is 2.63. The van der Waals surface area contributed by atoms with E-state index in [-0.39, 0.29) is 12.3 Å². The fourth-order valence-electron chi connectivity index (χ4n) is 2.41. The summed E-state index contributed by atoms with van der Waals surface area (Å²) in [4.78, 5) is 16.5. The minimum absolute atomic E-state index is 0.0915. The number of benzene rings is 2. The third kappa shape index (κ3) is 4.25. The number of anilines is 1. The molecular formula is C19H18ClN3O2. The van der Waals surface area contributed by atoms with Crippen LogP contribution in [0.2, 0.25) is 5.02 Å². The number of nitrogens with zero attached hydrogens (tertiary/aromatic N) is 2. The lowest BCUT2D eigenvalue weighted by atomic mass is 10.1. The molecule has 0 spiro atoms. The zero-order valence-corrected chi connectivity index (χ0v) is 14.8. The van der Waals surface area contributed by atoms with Crippen molar-refractivity contribution < 1.29 is 9.32 Å². The quantitative estimate of drug-likeness (QED) is 0.727. The van der Waals surface area contributed by atoms with Crippen LogP contribution in [0.4, 0.5) is 5.69 Å². The van der Waals surface area contributed by atoms with E-state index >= 15 is 0 Å². The molecule has 25 heavy (non-hydrogen) atoms. The van der Waals surface area contributed by atoms with Crippen LogP contribution >= 0.6 is 11.6 Å². The van der Waals surface area contributed by atoms with Gasteiger partial charge in [-0.25, -0.2) is 0 Å². The summed E-state index contributed by atoms with van der Waals surface area (Å²) in [5, 5.41) is 7.41. The average Bonchev–Trinajstić information content (AvgIpc) is 3.05. The zero-order valence-electron chi connectivity index (χ0n) is 14.0. The number of aromatic nitrogens is 2. The Morgan fingerprint density at radius 3 is 2.80 bits per heavy atom. The molecule has 0 atom stereocenters. The summed E-state index contributed by atoms with van der Waals surface area (Å²) in [6.07, 6.45) is 0.631. The highest BCUT2D eigenvalue weighted by Crippen LogP contribution is 2.25. The third-order valence-electron chi connectivity index (χ3n) is 3.82. The van der Waals surface area contributed by atoms with Crippen molar-refractivity contribution in [2.45, 2.75) is 26.7 Å². The summed E-state index contributed by atoms with van der Waals surface area (Å²) in [6, 6.07) is 13.2. The summed E-state index contributed by atoms with van der Waals surface area (Å²) in [5.74, 6) is 0.743. The molecule has 0 saturated heterocycles. The van der Waals surface area contributed by atoms with Gasteiger partial charge >= 0.3 is 0 Å². The summed E-state index contributed by atoms with van der Waals surface area (Å²) < 4.78 is 5.22. The van der Waals surface area contributed by atoms with Gasteiger partial charge in [0.2, 0.25) is 17.6 Å². The lowest BCUT2D eigenvalue weighted by Gasteiger charge is -2.08. The van der Waals surface area contributed by atoms with Gasteiger partial charge in [-0.1, -0.05) is 41.0 Å². The molecule has 3 aromatic rings. The van der Waals surface area contributed by atoms with Crippen molar-refractivity contribution in [1.29, 1.82) is 0 Å². The Balaban J connectivity index is 1.61. The number of aryl methyl sites for hydroxylation is 3. The van der Waals surface area contributed by atoms with Crippen LogP contribution in [-0.2, 0) is 11.2 Å². The molecule has 0 saturated carbocycles. The predicted molar refractivity (Wildman–Crippen MR) is 97.6 cm³/mol. The molecule has 0 fully saturated rings. The molecule has 0 aliphatic carbocycles. The van der Waals surface area contributed by atoms with Gasteiger partial charge in [0, 0.05) is 24.1 Å². The van der Waals surface area contributed by atoms with Crippen LogP contribution in [0.15, 0.2) is 47.0 Å². The first-order valence-electron chi connectivity index (χ1n) is 7.97. The summed E-state index contributed by atoms with van der Waals surface area (Å²) in [5.41, 5.74) is 3.66. The van der Waals surface area contributed by atoms with Gasteiger partial charge in [0.1, 0.15) is 0 Å². The van der Waals surface area contributed by atoms with Gasteiger partial charge in [-0.05, 0) is 43.2 Å². The second kappa shape index (κ2) is 7.49. The Labute approximate surface area is 151 Å². The maximum atomic E-state index is 12.2. The number of carbonyl (C=O) groups is 1. The Morgan fingerprint density at radius 2 is 2.00 bits per heavy atom. The second-order valence-electron chi connectivity index (χ2n) is 5.86. The number of nitrogens with one attached hydrogen (secondary N) is 1. The first-order chi connectivity index (χ1) is 12.0. The monoisotopic (exact) mass is 355 g/mol. The maximum Gasteiger partial charge on any atom is 0.227 e. The van der Waals surface area contributed by atoms with Crippen molar-refractivity contribution in [2.24, 2.45) is 0 Å². The SMILES string of the molecule is Cc1ccc(C)c(NC(=O)CCc2nc(-c3ccccc3Cl)no2)c1. The Kier molecular flexibility index (Phi) is 5.14. The number of carbonyl (C=O) groups excluding carboxylic acids is 1. The lowest BCUT2D eigenvalue weighted by Crippen LogP contribution is -2.13. The Hall–Kier alpha value is -2.66. The first-order valence-corrected chi connectivity index (χ1v) is 8.35. The average molecular weight is 356 g/mol. The highest BCUT2D eigenvalue weighted by Gasteiger charge is 2.13. The van der Waals surface area contributed by atoms with Crippen molar-refractivity contribution in [2.75, 3.05) is 5.32 Å². The molecule has 0 aliphatic rings. The standard InChI is InChI=1S/C19H18ClN3O2/c1-12-7-8-13(2)16(11-12)21-17(24)9-10-18-22-19(23-25-18)14-5-3-4-6-15(14)20/h3-8,11H,9-10H2,1-2H3,(H,21,24). The number of hydrogen-bond acceptors (Lipinski definition) is 4. The second-order valence-corrected chi connectivity index (χ2v) is 6.27. The topological polar surface area (TPSA) is 68.0 Å². The molecule has 3 rings (SSSR count). The van der Waals surface area contributed by atoms with E-state index in [2.05, 4.69) is 15.5 Å². The van der Waals surface area contributed by atoms with Crippen molar-refractivity contribution in [3.63, 3.8) is 0 Å². The van der Waals surface area contributed by atoms with Gasteiger partial charge in [0.05, 0.1) is 5.02 Å². The Morgan fingerprint density at radius 1 is 1.20 bits per heavy atom. The predicted octanol–water partition coefficient (Wildman–Crippen LogP) is 4.58. The molecule has 6 heteroatoms. The third-order valence-corrected chi connectivity index (χ3v) is 4.15. The van der Waals surface area contributed by atoms with E-state index in [1.165, 1.54) is 0 Å². The van der Waals surface area contributed by atoms with E-state index in [0.29, 0.717) is 28.7 Å². The van der Waals surface area contributed by atoms with E-state index in [0.717, 1.165) is 16.8 Å². The lowest BCUT2D eigenvalue weighted by molar-refractivity contribution is -0.116. The van der Waals surface area contributed by atoms with Crippen LogP contribution in [0.1, 0.15) is 23.4 Å². The van der Waals surface area contributed by atoms with E-state index in [4.69, 9.17) is 16.1 Å². The maximum absolute atomic E-state index is 12.2. The molecule has 5 nitrogen and oxygen atoms in total. The van der Waals surface area contributed by atoms with Gasteiger partial charge in [-0.3, -0.25) is 4.79 Å². The van der Waals surface area contributed by atoms with Crippen LogP contribution in [-0.4, -0.2) is 16.0 Å². The van der Waals surface area contributed by atoms with E-state index < -0.39 is 0 Å². The molecule has 0 unspecified atom stereocenters. The molecule has 1 aromatic heterocycles. The molecule has 1 N–H and O–H groups in total. The molecule has 1 heterocycles. The van der Waals surface area contributed by atoms with E-state index in [9.17, 15) is 4.79 Å². The summed E-state index contributed by atoms with van der Waals surface area (Å²) >= 11 is 6.13.